The van der Waals surface area contributed by atoms with Crippen LogP contribution in [-0.4, -0.2) is 5.71 Å². The maximum absolute atomic E-state index is 5.05. The fourth-order valence-electron chi connectivity index (χ4n) is 5.08. The second-order valence-corrected chi connectivity index (χ2v) is 8.46. The second kappa shape index (κ2) is 7.21. The molecule has 0 amide bonds. The van der Waals surface area contributed by atoms with E-state index in [1.54, 1.807) is 0 Å². The lowest BCUT2D eigenvalue weighted by atomic mass is 9.78. The van der Waals surface area contributed by atoms with E-state index >= 15 is 0 Å². The first kappa shape index (κ1) is 18.7. The first-order chi connectivity index (χ1) is 14.6. The summed E-state index contributed by atoms with van der Waals surface area (Å²) >= 11 is 0. The summed E-state index contributed by atoms with van der Waals surface area (Å²) in [5.74, 6) is 0.328. The molecule has 3 aromatic rings. The normalized spacial score (nSPS) is 21.5. The second-order valence-electron chi connectivity index (χ2n) is 8.46. The monoisotopic (exact) mass is 391 g/mol. The molecule has 0 aliphatic carbocycles. The van der Waals surface area contributed by atoms with E-state index in [1.807, 2.05) is 6.08 Å². The lowest BCUT2D eigenvalue weighted by Crippen LogP contribution is -2.48. The number of nitrogens with zero attached hydrogens (tertiary/aromatic N) is 2. The van der Waals surface area contributed by atoms with Crippen LogP contribution in [0.3, 0.4) is 0 Å². The fraction of sp³-hybridized carbons (Fsp3) is 0.214. The zero-order valence-corrected chi connectivity index (χ0v) is 17.7. The van der Waals surface area contributed by atoms with E-state index in [4.69, 9.17) is 4.99 Å². The zero-order chi connectivity index (χ0) is 20.8. The van der Waals surface area contributed by atoms with Crippen molar-refractivity contribution in [2.24, 2.45) is 4.99 Å². The molecule has 0 N–H and O–H groups in total. The molecule has 0 radical (unpaired) electrons. The summed E-state index contributed by atoms with van der Waals surface area (Å²) < 4.78 is 2.41. The van der Waals surface area contributed by atoms with Crippen LogP contribution in [-0.2, 0) is 6.42 Å². The first-order valence-corrected chi connectivity index (χ1v) is 10.7. The SMILES string of the molecule is C=C/C1=N/C(=C)C2C(CCc3ccccc31)c1ccccc1-c1cc(C)c(C)c[n+]12. The third kappa shape index (κ3) is 2.87. The van der Waals surface area contributed by atoms with Gasteiger partial charge in [0.15, 0.2) is 6.20 Å². The van der Waals surface area contributed by atoms with Crippen LogP contribution in [0.25, 0.3) is 11.3 Å². The van der Waals surface area contributed by atoms with E-state index in [2.05, 4.69) is 92.4 Å². The average molecular weight is 392 g/mol. The Morgan fingerprint density at radius 2 is 1.73 bits per heavy atom. The number of fused-ring (bicyclic) bond motifs is 7. The van der Waals surface area contributed by atoms with E-state index in [0.29, 0.717) is 5.92 Å². The van der Waals surface area contributed by atoms with Crippen molar-refractivity contribution in [3.63, 3.8) is 0 Å². The number of pyridine rings is 1. The van der Waals surface area contributed by atoms with Gasteiger partial charge in [0.1, 0.15) is 5.70 Å². The quantitative estimate of drug-likeness (QED) is 0.450. The van der Waals surface area contributed by atoms with Crippen LogP contribution >= 0.6 is 0 Å². The molecule has 0 saturated carbocycles. The maximum atomic E-state index is 5.05. The van der Waals surface area contributed by atoms with E-state index in [-0.39, 0.29) is 6.04 Å². The lowest BCUT2D eigenvalue weighted by molar-refractivity contribution is -0.709. The summed E-state index contributed by atoms with van der Waals surface area (Å²) in [7, 11) is 0. The number of hydrogen-bond acceptors (Lipinski definition) is 1. The summed E-state index contributed by atoms with van der Waals surface area (Å²) in [6, 6.07) is 19.8. The maximum Gasteiger partial charge on any atom is 0.213 e. The minimum Gasteiger partial charge on any atom is -0.246 e. The summed E-state index contributed by atoms with van der Waals surface area (Å²) in [4.78, 5) is 5.05. The van der Waals surface area contributed by atoms with E-state index in [0.717, 1.165) is 24.3 Å². The molecule has 30 heavy (non-hydrogen) atoms. The van der Waals surface area contributed by atoms with Gasteiger partial charge in [-0.2, -0.15) is 4.57 Å². The van der Waals surface area contributed by atoms with Gasteiger partial charge in [-0.05, 0) is 55.5 Å². The molecule has 0 fully saturated rings. The molecular formula is C28H27N2+. The van der Waals surface area contributed by atoms with E-state index in [1.165, 1.54) is 39.1 Å². The topological polar surface area (TPSA) is 16.2 Å². The standard InChI is InChI=1S/C28H27N2/c1-5-26-22-11-7-6-10-21(22)14-15-25-23-12-8-9-13-24(23)27-16-18(2)19(3)17-30(27)28(25)20(4)29-26/h5-13,16-17,25,28H,1,4,14-15H2,2-3H3/q+1/b29-26-. The number of hydrogen-bond donors (Lipinski definition) is 0. The number of aromatic nitrogens is 1. The van der Waals surface area contributed by atoms with Crippen LogP contribution in [0.1, 0.15) is 46.2 Å². The fourth-order valence-corrected chi connectivity index (χ4v) is 5.08. The van der Waals surface area contributed by atoms with Crippen molar-refractivity contribution in [3.05, 3.63) is 114 Å². The van der Waals surface area contributed by atoms with E-state index < -0.39 is 0 Å². The molecule has 5 rings (SSSR count). The average Bonchev–Trinajstić information content (AvgIpc) is 2.82. The lowest BCUT2D eigenvalue weighted by Gasteiger charge is -2.31. The Hall–Kier alpha value is -3.26. The third-order valence-corrected chi connectivity index (χ3v) is 6.72. The smallest absolute Gasteiger partial charge is 0.213 e. The van der Waals surface area contributed by atoms with Crippen molar-refractivity contribution in [1.29, 1.82) is 0 Å². The number of aryl methyl sites for hydroxylation is 3. The van der Waals surface area contributed by atoms with Gasteiger partial charge in [-0.3, -0.25) is 0 Å². The highest BCUT2D eigenvalue weighted by molar-refractivity contribution is 6.09. The van der Waals surface area contributed by atoms with Gasteiger partial charge in [0.2, 0.25) is 11.7 Å². The van der Waals surface area contributed by atoms with Crippen molar-refractivity contribution in [2.75, 3.05) is 0 Å². The molecule has 0 bridgehead atoms. The van der Waals surface area contributed by atoms with Gasteiger partial charge in [0.25, 0.3) is 0 Å². The zero-order valence-electron chi connectivity index (χ0n) is 17.7. The molecule has 3 heterocycles. The summed E-state index contributed by atoms with van der Waals surface area (Å²) in [5, 5.41) is 0. The number of aliphatic imine (C=N–C) groups is 1. The number of rotatable bonds is 1. The molecule has 0 saturated heterocycles. The van der Waals surface area contributed by atoms with Gasteiger partial charge in [0, 0.05) is 22.8 Å². The predicted octanol–water partition coefficient (Wildman–Crippen LogP) is 6.03. The van der Waals surface area contributed by atoms with Crippen molar-refractivity contribution in [3.8, 4) is 11.3 Å². The molecule has 2 unspecified atom stereocenters. The van der Waals surface area contributed by atoms with E-state index in [9.17, 15) is 0 Å². The Morgan fingerprint density at radius 3 is 2.53 bits per heavy atom. The van der Waals surface area contributed by atoms with Gasteiger partial charge in [-0.15, -0.1) is 0 Å². The Bertz CT molecular complexity index is 1220. The third-order valence-electron chi connectivity index (χ3n) is 6.72. The molecule has 148 valence electrons. The Morgan fingerprint density at radius 1 is 1.00 bits per heavy atom. The predicted molar refractivity (Wildman–Crippen MR) is 124 cm³/mol. The Balaban J connectivity index is 1.77. The van der Waals surface area contributed by atoms with Crippen molar-refractivity contribution in [2.45, 2.75) is 38.6 Å². The van der Waals surface area contributed by atoms with Gasteiger partial charge in [-0.25, -0.2) is 4.99 Å². The Kier molecular flexibility index (Phi) is 4.51. The van der Waals surface area contributed by atoms with Crippen molar-refractivity contribution >= 4 is 5.71 Å². The molecule has 2 nitrogen and oxygen atoms in total. The largest absolute Gasteiger partial charge is 0.246 e. The van der Waals surface area contributed by atoms with Gasteiger partial charge < -0.3 is 0 Å². The minimum absolute atomic E-state index is 0.0958. The van der Waals surface area contributed by atoms with Crippen LogP contribution in [0.2, 0.25) is 0 Å². The highest BCUT2D eigenvalue weighted by atomic mass is 15.1. The van der Waals surface area contributed by atoms with Gasteiger partial charge in [-0.1, -0.05) is 55.6 Å². The van der Waals surface area contributed by atoms with Crippen LogP contribution in [0.4, 0.5) is 0 Å². The molecule has 2 atom stereocenters. The first-order valence-electron chi connectivity index (χ1n) is 10.7. The summed E-state index contributed by atoms with van der Waals surface area (Å²) in [6.45, 7) is 12.9. The number of benzene rings is 2. The molecule has 2 aliphatic heterocycles. The van der Waals surface area contributed by atoms with Crippen LogP contribution in [0.5, 0.6) is 0 Å². The van der Waals surface area contributed by atoms with Gasteiger partial charge >= 0.3 is 0 Å². The van der Waals surface area contributed by atoms with Crippen LogP contribution in [0, 0.1) is 13.8 Å². The van der Waals surface area contributed by atoms with Crippen molar-refractivity contribution < 1.29 is 4.57 Å². The van der Waals surface area contributed by atoms with Crippen molar-refractivity contribution in [1.82, 2.24) is 0 Å². The highest BCUT2D eigenvalue weighted by Gasteiger charge is 2.42. The number of allylic oxidation sites excluding steroid dienone is 2. The summed E-state index contributed by atoms with van der Waals surface area (Å²) in [6.07, 6.45) is 6.22. The molecule has 0 spiro atoms. The molecule has 2 aromatic carbocycles. The van der Waals surface area contributed by atoms with Crippen LogP contribution in [0.15, 0.2) is 90.7 Å². The molecule has 2 aliphatic rings. The molecule has 2 heteroatoms. The minimum atomic E-state index is 0.0958. The van der Waals surface area contributed by atoms with Crippen LogP contribution < -0.4 is 4.57 Å². The molecular weight excluding hydrogens is 364 g/mol. The Labute approximate surface area is 178 Å². The molecule has 1 aromatic heterocycles. The summed E-state index contributed by atoms with van der Waals surface area (Å²) in [5.41, 5.74) is 10.9. The highest BCUT2D eigenvalue weighted by Crippen LogP contribution is 2.44. The van der Waals surface area contributed by atoms with Gasteiger partial charge in [0.05, 0.1) is 11.6 Å².